The molecule has 0 atom stereocenters. The highest BCUT2D eigenvalue weighted by molar-refractivity contribution is 5.76. The first-order valence-electron chi connectivity index (χ1n) is 9.99. The Kier molecular flexibility index (Phi) is 5.79. The lowest BCUT2D eigenvalue weighted by atomic mass is 9.87. The Hall–Kier alpha value is -2.34. The highest BCUT2D eigenvalue weighted by Crippen LogP contribution is 2.33. The van der Waals surface area contributed by atoms with E-state index < -0.39 is 11.5 Å². The van der Waals surface area contributed by atoms with E-state index in [9.17, 15) is 9.90 Å². The van der Waals surface area contributed by atoms with Crippen molar-refractivity contribution in [3.63, 3.8) is 0 Å². The SMILES string of the molecule is CCOc1ccccc1CN1CCC(C(=O)O)(n2ccc(C(C)(C)C)n2)CC1. The summed E-state index contributed by atoms with van der Waals surface area (Å²) in [4.78, 5) is 14.5. The first-order valence-corrected chi connectivity index (χ1v) is 9.99. The number of benzene rings is 1. The number of aromatic nitrogens is 2. The molecule has 0 spiro atoms. The van der Waals surface area contributed by atoms with Gasteiger partial charge in [-0.2, -0.15) is 5.10 Å². The second-order valence-corrected chi connectivity index (χ2v) is 8.55. The van der Waals surface area contributed by atoms with Gasteiger partial charge in [0.05, 0.1) is 12.3 Å². The van der Waals surface area contributed by atoms with Crippen LogP contribution in [-0.4, -0.2) is 45.5 Å². The van der Waals surface area contributed by atoms with Crippen molar-refractivity contribution < 1.29 is 14.6 Å². The molecule has 1 aromatic carbocycles. The van der Waals surface area contributed by atoms with E-state index in [-0.39, 0.29) is 5.41 Å². The van der Waals surface area contributed by atoms with Gasteiger partial charge in [0.1, 0.15) is 5.75 Å². The van der Waals surface area contributed by atoms with Crippen LogP contribution in [0, 0.1) is 0 Å². The van der Waals surface area contributed by atoms with Crippen LogP contribution < -0.4 is 4.74 Å². The van der Waals surface area contributed by atoms with Crippen LogP contribution >= 0.6 is 0 Å². The summed E-state index contributed by atoms with van der Waals surface area (Å²) >= 11 is 0. The van der Waals surface area contributed by atoms with Crippen molar-refractivity contribution >= 4 is 5.97 Å². The van der Waals surface area contributed by atoms with E-state index in [4.69, 9.17) is 4.74 Å². The van der Waals surface area contributed by atoms with E-state index in [0.717, 1.165) is 23.6 Å². The van der Waals surface area contributed by atoms with Gasteiger partial charge in [-0.05, 0) is 31.9 Å². The van der Waals surface area contributed by atoms with Crippen LogP contribution in [0.25, 0.3) is 0 Å². The monoisotopic (exact) mass is 385 g/mol. The number of carboxylic acid groups (broad SMARTS) is 1. The number of hydrogen-bond donors (Lipinski definition) is 1. The average molecular weight is 386 g/mol. The van der Waals surface area contributed by atoms with Crippen LogP contribution in [0.2, 0.25) is 0 Å². The maximum atomic E-state index is 12.2. The van der Waals surface area contributed by atoms with Gasteiger partial charge in [0.2, 0.25) is 0 Å². The molecule has 0 bridgehead atoms. The Balaban J connectivity index is 1.74. The number of carboxylic acids is 1. The first kappa shape index (κ1) is 20.4. The summed E-state index contributed by atoms with van der Waals surface area (Å²) in [6, 6.07) is 10.00. The summed E-state index contributed by atoms with van der Waals surface area (Å²) in [6.45, 7) is 11.1. The van der Waals surface area contributed by atoms with Crippen molar-refractivity contribution in [1.82, 2.24) is 14.7 Å². The largest absolute Gasteiger partial charge is 0.494 e. The topological polar surface area (TPSA) is 67.6 Å². The molecule has 28 heavy (non-hydrogen) atoms. The number of piperidine rings is 1. The highest BCUT2D eigenvalue weighted by Gasteiger charge is 2.44. The molecule has 3 rings (SSSR count). The van der Waals surface area contributed by atoms with Crippen molar-refractivity contribution in [2.75, 3.05) is 19.7 Å². The van der Waals surface area contributed by atoms with E-state index in [2.05, 4.69) is 36.8 Å². The van der Waals surface area contributed by atoms with Crippen molar-refractivity contribution in [2.24, 2.45) is 0 Å². The molecular weight excluding hydrogens is 354 g/mol. The number of nitrogens with zero attached hydrogens (tertiary/aromatic N) is 3. The Morgan fingerprint density at radius 3 is 2.46 bits per heavy atom. The van der Waals surface area contributed by atoms with E-state index in [1.165, 1.54) is 0 Å². The predicted octanol–water partition coefficient (Wildman–Crippen LogP) is 3.66. The number of rotatable bonds is 6. The molecule has 1 fully saturated rings. The lowest BCUT2D eigenvalue weighted by Crippen LogP contribution is -2.51. The van der Waals surface area contributed by atoms with Crippen LogP contribution in [0.3, 0.4) is 0 Å². The van der Waals surface area contributed by atoms with Gasteiger partial charge < -0.3 is 9.84 Å². The minimum atomic E-state index is -0.973. The number of hydrogen-bond acceptors (Lipinski definition) is 4. The van der Waals surface area contributed by atoms with Gasteiger partial charge in [-0.15, -0.1) is 0 Å². The number of ether oxygens (including phenoxy) is 1. The van der Waals surface area contributed by atoms with Gasteiger partial charge in [0.25, 0.3) is 0 Å². The molecule has 6 heteroatoms. The Morgan fingerprint density at radius 1 is 1.21 bits per heavy atom. The fourth-order valence-electron chi connectivity index (χ4n) is 3.76. The first-order chi connectivity index (χ1) is 13.3. The van der Waals surface area contributed by atoms with Crippen LogP contribution in [0.4, 0.5) is 0 Å². The zero-order valence-corrected chi connectivity index (χ0v) is 17.3. The third-order valence-corrected chi connectivity index (χ3v) is 5.54. The maximum Gasteiger partial charge on any atom is 0.331 e. The third kappa shape index (κ3) is 4.07. The summed E-state index contributed by atoms with van der Waals surface area (Å²) in [6.07, 6.45) is 2.89. The molecule has 2 heterocycles. The van der Waals surface area contributed by atoms with Crippen LogP contribution in [0.5, 0.6) is 5.75 Å². The van der Waals surface area contributed by atoms with Gasteiger partial charge in [-0.25, -0.2) is 4.79 Å². The fraction of sp³-hybridized carbons (Fsp3) is 0.545. The molecule has 1 aliphatic heterocycles. The molecule has 1 aromatic heterocycles. The van der Waals surface area contributed by atoms with Gasteiger partial charge in [-0.3, -0.25) is 9.58 Å². The van der Waals surface area contributed by atoms with E-state index in [1.807, 2.05) is 37.4 Å². The molecule has 6 nitrogen and oxygen atoms in total. The molecule has 2 aromatic rings. The molecule has 1 aliphatic rings. The molecule has 1 N–H and O–H groups in total. The van der Waals surface area contributed by atoms with Crippen molar-refractivity contribution in [2.45, 2.75) is 58.0 Å². The molecule has 1 saturated heterocycles. The number of likely N-dealkylation sites (tertiary alicyclic amines) is 1. The molecule has 0 radical (unpaired) electrons. The van der Waals surface area contributed by atoms with Crippen LogP contribution in [0.1, 0.15) is 51.8 Å². The zero-order valence-electron chi connectivity index (χ0n) is 17.3. The normalized spacial score (nSPS) is 17.4. The van der Waals surface area contributed by atoms with Crippen molar-refractivity contribution in [3.8, 4) is 5.75 Å². The highest BCUT2D eigenvalue weighted by atomic mass is 16.5. The fourth-order valence-corrected chi connectivity index (χ4v) is 3.76. The molecule has 0 aliphatic carbocycles. The summed E-state index contributed by atoms with van der Waals surface area (Å²) in [5.74, 6) is 0.104. The second-order valence-electron chi connectivity index (χ2n) is 8.55. The maximum absolute atomic E-state index is 12.2. The summed E-state index contributed by atoms with van der Waals surface area (Å²) in [5.41, 5.74) is 0.983. The minimum absolute atomic E-state index is 0.103. The van der Waals surface area contributed by atoms with E-state index in [0.29, 0.717) is 32.5 Å². The Morgan fingerprint density at radius 2 is 1.89 bits per heavy atom. The Bertz CT molecular complexity index is 814. The second kappa shape index (κ2) is 7.95. The molecule has 152 valence electrons. The minimum Gasteiger partial charge on any atom is -0.494 e. The summed E-state index contributed by atoms with van der Waals surface area (Å²) in [7, 11) is 0. The Labute approximate surface area is 167 Å². The molecular formula is C22H31N3O3. The standard InChI is InChI=1S/C22H31N3O3/c1-5-28-18-9-7-6-8-17(18)16-24-14-11-22(12-15-24,20(26)27)25-13-10-19(23-25)21(2,3)4/h6-10,13H,5,11-12,14-16H2,1-4H3,(H,26,27). The number of carbonyl (C=O) groups is 1. The van der Waals surface area contributed by atoms with Crippen molar-refractivity contribution in [1.29, 1.82) is 0 Å². The number of aliphatic carboxylic acids is 1. The quantitative estimate of drug-likeness (QED) is 0.822. The molecule has 0 saturated carbocycles. The van der Waals surface area contributed by atoms with Gasteiger partial charge in [0.15, 0.2) is 5.54 Å². The zero-order chi connectivity index (χ0) is 20.4. The molecule has 0 unspecified atom stereocenters. The molecule has 0 amide bonds. The van der Waals surface area contributed by atoms with Crippen LogP contribution in [-0.2, 0) is 22.3 Å². The van der Waals surface area contributed by atoms with Gasteiger partial charge in [0, 0.05) is 36.8 Å². The van der Waals surface area contributed by atoms with Gasteiger partial charge >= 0.3 is 5.97 Å². The lowest BCUT2D eigenvalue weighted by Gasteiger charge is -2.39. The van der Waals surface area contributed by atoms with E-state index >= 15 is 0 Å². The van der Waals surface area contributed by atoms with E-state index in [1.54, 1.807) is 4.68 Å². The summed E-state index contributed by atoms with van der Waals surface area (Å²) < 4.78 is 7.41. The average Bonchev–Trinajstić information content (AvgIpc) is 3.15. The predicted molar refractivity (Wildman–Crippen MR) is 109 cm³/mol. The van der Waals surface area contributed by atoms with Gasteiger partial charge in [-0.1, -0.05) is 39.0 Å². The lowest BCUT2D eigenvalue weighted by molar-refractivity contribution is -0.151. The van der Waals surface area contributed by atoms with Crippen molar-refractivity contribution in [3.05, 3.63) is 47.8 Å². The summed E-state index contributed by atoms with van der Waals surface area (Å²) in [5, 5.41) is 14.7. The van der Waals surface area contributed by atoms with Crippen LogP contribution in [0.15, 0.2) is 36.5 Å². The smallest absolute Gasteiger partial charge is 0.331 e. The number of para-hydroxylation sites is 1. The third-order valence-electron chi connectivity index (χ3n) is 5.54.